The number of rotatable bonds is 8. The van der Waals surface area contributed by atoms with E-state index in [1.54, 1.807) is 50.2 Å². The molecule has 0 radical (unpaired) electrons. The van der Waals surface area contributed by atoms with E-state index in [0.717, 1.165) is 17.8 Å². The number of thiophene rings is 1. The van der Waals surface area contributed by atoms with Gasteiger partial charge in [0.2, 0.25) is 0 Å². The van der Waals surface area contributed by atoms with Crippen LogP contribution in [0.15, 0.2) is 47.4 Å². The number of thiazole rings is 1. The second-order valence-electron chi connectivity index (χ2n) is 7.69. The molecule has 10 heteroatoms. The minimum atomic E-state index is -0.893. The quantitative estimate of drug-likeness (QED) is 0.194. The van der Waals surface area contributed by atoms with E-state index in [1.807, 2.05) is 12.3 Å². The molecule has 3 heterocycles. The molecule has 1 fully saturated rings. The summed E-state index contributed by atoms with van der Waals surface area (Å²) in [6.07, 6.45) is 0.820. The highest BCUT2D eigenvalue weighted by molar-refractivity contribution is 7.18. The van der Waals surface area contributed by atoms with Crippen LogP contribution in [0.5, 0.6) is 5.75 Å². The highest BCUT2D eigenvalue weighted by Crippen LogP contribution is 2.45. The number of esters is 1. The Morgan fingerprint density at radius 3 is 2.69 bits per heavy atom. The third kappa shape index (κ3) is 4.71. The van der Waals surface area contributed by atoms with Crippen LogP contribution >= 0.6 is 22.7 Å². The molecular weight excluding hydrogens is 488 g/mol. The van der Waals surface area contributed by atoms with E-state index in [1.165, 1.54) is 16.2 Å². The zero-order chi connectivity index (χ0) is 25.1. The zero-order valence-electron chi connectivity index (χ0n) is 19.4. The van der Waals surface area contributed by atoms with Crippen molar-refractivity contribution in [1.82, 2.24) is 4.98 Å². The first-order chi connectivity index (χ1) is 16.9. The lowest BCUT2D eigenvalue weighted by molar-refractivity contribution is -0.132. The van der Waals surface area contributed by atoms with Crippen LogP contribution in [0.2, 0.25) is 0 Å². The Labute approximate surface area is 210 Å². The van der Waals surface area contributed by atoms with Gasteiger partial charge >= 0.3 is 11.9 Å². The average Bonchev–Trinajstić information content (AvgIpc) is 3.57. The van der Waals surface area contributed by atoms with Crippen molar-refractivity contribution in [2.24, 2.45) is 0 Å². The number of hydrogen-bond acceptors (Lipinski definition) is 9. The van der Waals surface area contributed by atoms with Gasteiger partial charge in [-0.3, -0.25) is 14.5 Å². The number of aryl methyl sites for hydroxylation is 1. The van der Waals surface area contributed by atoms with Crippen molar-refractivity contribution in [2.75, 3.05) is 18.1 Å². The molecule has 4 rings (SSSR count). The van der Waals surface area contributed by atoms with Crippen molar-refractivity contribution < 1.29 is 29.0 Å². The van der Waals surface area contributed by atoms with E-state index in [2.05, 4.69) is 4.98 Å². The first kappa shape index (κ1) is 24.6. The second kappa shape index (κ2) is 10.4. The molecule has 1 N–H and O–H groups in total. The molecule has 3 aromatic rings. The van der Waals surface area contributed by atoms with Gasteiger partial charge < -0.3 is 14.6 Å². The smallest absolute Gasteiger partial charge is 0.350 e. The topological polar surface area (TPSA) is 106 Å². The van der Waals surface area contributed by atoms with Crippen molar-refractivity contribution in [2.45, 2.75) is 33.2 Å². The van der Waals surface area contributed by atoms with Gasteiger partial charge in [-0.05, 0) is 43.8 Å². The lowest BCUT2D eigenvalue weighted by Gasteiger charge is -2.21. The van der Waals surface area contributed by atoms with Gasteiger partial charge in [0.25, 0.3) is 5.78 Å². The number of aliphatic hydroxyl groups excluding tert-OH is 1. The number of amides is 1. The lowest BCUT2D eigenvalue weighted by Crippen LogP contribution is -2.29. The van der Waals surface area contributed by atoms with Crippen molar-refractivity contribution >= 4 is 51.2 Å². The Morgan fingerprint density at radius 1 is 1.20 bits per heavy atom. The van der Waals surface area contributed by atoms with Gasteiger partial charge in [-0.15, -0.1) is 11.3 Å². The number of hydrogen-bond donors (Lipinski definition) is 1. The number of ether oxygens (including phenoxy) is 2. The van der Waals surface area contributed by atoms with E-state index in [9.17, 15) is 19.5 Å². The Kier molecular flexibility index (Phi) is 7.32. The molecule has 1 unspecified atom stereocenters. The normalized spacial score (nSPS) is 17.1. The standard InChI is InChI=1S/C25H24N2O6S2/c1-4-11-33-16-9-6-8-15(13-16)20(28)18-19(17-10-7-12-34-17)27(23(30)21(18)29)25-26-14(3)22(35-25)24(31)32-5-2/h6-10,12-13,19,28H,4-5,11H2,1-3H3. The number of nitrogens with zero attached hydrogens (tertiary/aromatic N) is 2. The minimum Gasteiger partial charge on any atom is -0.507 e. The monoisotopic (exact) mass is 512 g/mol. The fourth-order valence-corrected chi connectivity index (χ4v) is 5.54. The van der Waals surface area contributed by atoms with E-state index in [-0.39, 0.29) is 27.9 Å². The first-order valence-corrected chi connectivity index (χ1v) is 12.8. The predicted molar refractivity (Wildman–Crippen MR) is 134 cm³/mol. The number of benzene rings is 1. The molecule has 1 aliphatic rings. The Hall–Kier alpha value is -3.50. The molecule has 1 amide bonds. The first-order valence-electron chi connectivity index (χ1n) is 11.1. The van der Waals surface area contributed by atoms with Gasteiger partial charge in [-0.1, -0.05) is 36.5 Å². The molecule has 35 heavy (non-hydrogen) atoms. The van der Waals surface area contributed by atoms with Crippen LogP contribution in [0.3, 0.4) is 0 Å². The van der Waals surface area contributed by atoms with Gasteiger partial charge in [0.15, 0.2) is 5.13 Å². The molecule has 182 valence electrons. The van der Waals surface area contributed by atoms with E-state index < -0.39 is 23.7 Å². The van der Waals surface area contributed by atoms with Crippen LogP contribution in [0, 0.1) is 6.92 Å². The molecule has 0 saturated carbocycles. The average molecular weight is 513 g/mol. The van der Waals surface area contributed by atoms with Crippen LogP contribution in [0.4, 0.5) is 5.13 Å². The number of ketones is 1. The van der Waals surface area contributed by atoms with Crippen LogP contribution in [-0.4, -0.2) is 41.0 Å². The van der Waals surface area contributed by atoms with Gasteiger partial charge in [0.05, 0.1) is 24.5 Å². The van der Waals surface area contributed by atoms with Crippen LogP contribution in [0.25, 0.3) is 5.76 Å². The second-order valence-corrected chi connectivity index (χ2v) is 9.65. The summed E-state index contributed by atoms with van der Waals surface area (Å²) < 4.78 is 10.7. The number of aromatic nitrogens is 1. The number of carbonyl (C=O) groups excluding carboxylic acids is 3. The summed E-state index contributed by atoms with van der Waals surface area (Å²) >= 11 is 2.33. The molecular formula is C25H24N2O6S2. The minimum absolute atomic E-state index is 0.0457. The van der Waals surface area contributed by atoms with E-state index in [0.29, 0.717) is 28.5 Å². The third-order valence-electron chi connectivity index (χ3n) is 5.29. The van der Waals surface area contributed by atoms with Gasteiger partial charge in [-0.25, -0.2) is 9.78 Å². The van der Waals surface area contributed by atoms with E-state index in [4.69, 9.17) is 9.47 Å². The van der Waals surface area contributed by atoms with Crippen LogP contribution in [0.1, 0.15) is 52.1 Å². The molecule has 1 atom stereocenters. The highest BCUT2D eigenvalue weighted by Gasteiger charge is 2.49. The molecule has 0 aliphatic carbocycles. The summed E-state index contributed by atoms with van der Waals surface area (Å²) in [4.78, 5) is 45.4. The van der Waals surface area contributed by atoms with Crippen LogP contribution < -0.4 is 9.64 Å². The largest absolute Gasteiger partial charge is 0.507 e. The maximum absolute atomic E-state index is 13.2. The van der Waals surface area contributed by atoms with Gasteiger partial charge in [0, 0.05) is 10.4 Å². The van der Waals surface area contributed by atoms with Crippen molar-refractivity contribution in [3.8, 4) is 5.75 Å². The number of Topliss-reactive ketones (excluding diaryl/α,β-unsaturated/α-hetero) is 1. The summed E-state index contributed by atoms with van der Waals surface area (Å²) in [5.74, 6) is -1.95. The summed E-state index contributed by atoms with van der Waals surface area (Å²) in [6, 6.07) is 9.46. The summed E-state index contributed by atoms with van der Waals surface area (Å²) in [5, 5.41) is 13.3. The zero-order valence-corrected chi connectivity index (χ0v) is 21.1. The van der Waals surface area contributed by atoms with Gasteiger partial charge in [-0.2, -0.15) is 0 Å². The summed E-state index contributed by atoms with van der Waals surface area (Å²) in [5.41, 5.74) is 0.715. The van der Waals surface area contributed by atoms with E-state index >= 15 is 0 Å². The SMILES string of the molecule is CCCOc1cccc(C(O)=C2C(=O)C(=O)N(c3nc(C)c(C(=O)OCC)s3)C2c2cccs2)c1. The molecule has 1 saturated heterocycles. The Balaban J connectivity index is 1.83. The maximum atomic E-state index is 13.2. The Bertz CT molecular complexity index is 1300. The Morgan fingerprint density at radius 2 is 2.00 bits per heavy atom. The van der Waals surface area contributed by atoms with Crippen molar-refractivity contribution in [3.63, 3.8) is 0 Å². The molecule has 2 aromatic heterocycles. The molecule has 0 spiro atoms. The lowest BCUT2D eigenvalue weighted by atomic mass is 10.00. The van der Waals surface area contributed by atoms with Crippen molar-refractivity contribution in [3.05, 3.63) is 68.4 Å². The number of anilines is 1. The summed E-state index contributed by atoms with van der Waals surface area (Å²) in [6.45, 7) is 6.04. The number of aliphatic hydroxyl groups is 1. The molecule has 0 bridgehead atoms. The maximum Gasteiger partial charge on any atom is 0.350 e. The molecule has 1 aromatic carbocycles. The molecule has 8 nitrogen and oxygen atoms in total. The third-order valence-corrected chi connectivity index (χ3v) is 7.35. The fourth-order valence-electron chi connectivity index (χ4n) is 3.73. The van der Waals surface area contributed by atoms with Gasteiger partial charge in [0.1, 0.15) is 22.4 Å². The van der Waals surface area contributed by atoms with Crippen molar-refractivity contribution in [1.29, 1.82) is 0 Å². The fraction of sp³-hybridized carbons (Fsp3) is 0.280. The molecule has 1 aliphatic heterocycles. The number of carbonyl (C=O) groups is 3. The van der Waals surface area contributed by atoms with Crippen LogP contribution in [-0.2, 0) is 14.3 Å². The predicted octanol–water partition coefficient (Wildman–Crippen LogP) is 5.10. The highest BCUT2D eigenvalue weighted by atomic mass is 32.1. The summed E-state index contributed by atoms with van der Waals surface area (Å²) in [7, 11) is 0.